The minimum absolute atomic E-state index is 0.0524. The van der Waals surface area contributed by atoms with E-state index in [1.54, 1.807) is 0 Å². The van der Waals surface area contributed by atoms with Crippen LogP contribution in [0.5, 0.6) is 0 Å². The number of benzene rings is 2. The zero-order valence-corrected chi connectivity index (χ0v) is 24.5. The van der Waals surface area contributed by atoms with Gasteiger partial charge in [0.25, 0.3) is 8.32 Å². The van der Waals surface area contributed by atoms with Gasteiger partial charge in [0, 0.05) is 6.92 Å². The molecule has 8 nitrogen and oxygen atoms in total. The molecule has 2 aromatic carbocycles. The summed E-state index contributed by atoms with van der Waals surface area (Å²) in [6.07, 6.45) is -0.532. The number of hydrogen-bond donors (Lipinski definition) is 2. The van der Waals surface area contributed by atoms with Crippen molar-refractivity contribution in [3.8, 4) is 0 Å². The second-order valence-electron chi connectivity index (χ2n) is 12.0. The molecule has 1 amide bonds. The minimum Gasteiger partial charge on any atom is -0.424 e. The number of fused-ring (bicyclic) bond motifs is 1. The molecular weight excluding hydrogens is 514 g/mol. The second-order valence-corrected chi connectivity index (χ2v) is 15.9. The van der Waals surface area contributed by atoms with Crippen LogP contribution >= 0.6 is 0 Å². The smallest absolute Gasteiger partial charge is 0.258 e. The molecule has 6 unspecified atom stereocenters. The van der Waals surface area contributed by atoms with Gasteiger partial charge in [0.05, 0.1) is 19.3 Å². The Morgan fingerprint density at radius 2 is 1.62 bits per heavy atom. The molecule has 39 heavy (non-hydrogen) atoms. The Kier molecular flexibility index (Phi) is 8.05. The Morgan fingerprint density at radius 3 is 2.15 bits per heavy atom. The molecule has 0 aliphatic carbocycles. The van der Waals surface area contributed by atoms with Crippen LogP contribution in [0.1, 0.15) is 47.5 Å². The molecule has 6 atom stereocenters. The van der Waals surface area contributed by atoms with Crippen LogP contribution in [-0.2, 0) is 28.5 Å². The van der Waals surface area contributed by atoms with Gasteiger partial charge in [-0.25, -0.2) is 0 Å². The zero-order valence-electron chi connectivity index (χ0n) is 23.5. The van der Waals surface area contributed by atoms with Crippen molar-refractivity contribution in [2.45, 2.75) is 95.0 Å². The Morgan fingerprint density at radius 1 is 1.05 bits per heavy atom. The van der Waals surface area contributed by atoms with E-state index in [0.717, 1.165) is 10.4 Å². The third-order valence-corrected chi connectivity index (χ3v) is 12.7. The third-order valence-electron chi connectivity index (χ3n) is 8.12. The van der Waals surface area contributed by atoms with Crippen LogP contribution in [0.3, 0.4) is 0 Å². The van der Waals surface area contributed by atoms with E-state index in [1.165, 1.54) is 6.92 Å². The summed E-state index contributed by atoms with van der Waals surface area (Å²) in [4.78, 5) is 24.7. The molecule has 212 valence electrons. The molecule has 9 heteroatoms. The molecule has 0 radical (unpaired) electrons. The van der Waals surface area contributed by atoms with Gasteiger partial charge >= 0.3 is 0 Å². The van der Waals surface area contributed by atoms with E-state index in [-0.39, 0.29) is 18.1 Å². The summed E-state index contributed by atoms with van der Waals surface area (Å²) >= 11 is 0. The number of amides is 1. The van der Waals surface area contributed by atoms with Crippen molar-refractivity contribution in [2.75, 3.05) is 13.2 Å². The van der Waals surface area contributed by atoms with E-state index in [0.29, 0.717) is 26.1 Å². The highest BCUT2D eigenvalue weighted by atomic mass is 28.4. The first kappa shape index (κ1) is 28.4. The molecule has 3 fully saturated rings. The van der Waals surface area contributed by atoms with E-state index in [1.807, 2.05) is 74.5 Å². The molecule has 3 aliphatic heterocycles. The maximum Gasteiger partial charge on any atom is 0.258 e. The molecule has 0 spiro atoms. The predicted octanol–water partition coefficient (Wildman–Crippen LogP) is 2.46. The lowest BCUT2D eigenvalue weighted by atomic mass is 9.92. The average Bonchev–Trinajstić information content (AvgIpc) is 3.68. The summed E-state index contributed by atoms with van der Waals surface area (Å²) in [6, 6.07) is 19.5. The van der Waals surface area contributed by atoms with Crippen LogP contribution in [0.15, 0.2) is 60.7 Å². The van der Waals surface area contributed by atoms with Gasteiger partial charge < -0.3 is 33.8 Å². The SMILES string of the molecule is CC(=O)NC1C(OCC2CO2)OC(CCC(C)(C)[Si](O)(c2ccccc2)c2ccccc2)C2OC(C)(C)OC12. The van der Waals surface area contributed by atoms with Crippen LogP contribution in [0.2, 0.25) is 5.04 Å². The fraction of sp³-hybridized carbons (Fsp3) is 0.567. The lowest BCUT2D eigenvalue weighted by molar-refractivity contribution is -0.247. The van der Waals surface area contributed by atoms with Crippen molar-refractivity contribution in [3.63, 3.8) is 0 Å². The largest absolute Gasteiger partial charge is 0.424 e. The maximum atomic E-state index is 12.6. The number of nitrogens with one attached hydrogen (secondary N) is 1. The average molecular weight is 556 g/mol. The monoisotopic (exact) mass is 555 g/mol. The van der Waals surface area contributed by atoms with Gasteiger partial charge in [0.1, 0.15) is 24.4 Å². The standard InChI is InChI=1S/C30H41NO7Si/c1-20(32)31-25-27-26(37-30(4,5)38-27)24(36-28(25)35-19-21-18-34-21)16-17-29(2,3)39(33,22-12-8-6-9-13-22)23-14-10-7-11-15-23/h6-15,21,24-28,33H,16-19H2,1-5H3,(H,31,32). The number of carbonyl (C=O) groups is 1. The molecule has 3 saturated heterocycles. The van der Waals surface area contributed by atoms with Crippen molar-refractivity contribution in [3.05, 3.63) is 60.7 Å². The lowest BCUT2D eigenvalue weighted by Gasteiger charge is -2.45. The van der Waals surface area contributed by atoms with Crippen LogP contribution in [0.4, 0.5) is 0 Å². The Balaban J connectivity index is 1.41. The molecule has 0 bridgehead atoms. The summed E-state index contributed by atoms with van der Waals surface area (Å²) in [6.45, 7) is 10.6. The Hall–Kier alpha value is -2.11. The van der Waals surface area contributed by atoms with E-state index in [9.17, 15) is 9.59 Å². The summed E-state index contributed by atoms with van der Waals surface area (Å²) in [5, 5.41) is 4.48. The summed E-state index contributed by atoms with van der Waals surface area (Å²) < 4.78 is 30.7. The van der Waals surface area contributed by atoms with Gasteiger partial charge in [-0.15, -0.1) is 0 Å². The van der Waals surface area contributed by atoms with E-state index >= 15 is 0 Å². The fourth-order valence-electron chi connectivity index (χ4n) is 5.99. The van der Waals surface area contributed by atoms with Crippen molar-refractivity contribution in [2.24, 2.45) is 0 Å². The first-order valence-electron chi connectivity index (χ1n) is 13.8. The number of rotatable bonds is 10. The van der Waals surface area contributed by atoms with Crippen LogP contribution in [0, 0.1) is 0 Å². The van der Waals surface area contributed by atoms with E-state index in [2.05, 4.69) is 19.2 Å². The van der Waals surface area contributed by atoms with Crippen molar-refractivity contribution in [1.82, 2.24) is 5.32 Å². The maximum absolute atomic E-state index is 12.6. The second kappa shape index (κ2) is 11.0. The van der Waals surface area contributed by atoms with Crippen molar-refractivity contribution in [1.29, 1.82) is 0 Å². The van der Waals surface area contributed by atoms with E-state index in [4.69, 9.17) is 23.7 Å². The normalized spacial score (nSPS) is 30.0. The van der Waals surface area contributed by atoms with Gasteiger partial charge in [-0.05, 0) is 42.1 Å². The topological polar surface area (TPSA) is 98.8 Å². The van der Waals surface area contributed by atoms with Gasteiger partial charge in [-0.3, -0.25) is 4.79 Å². The lowest BCUT2D eigenvalue weighted by Crippen LogP contribution is -2.66. The van der Waals surface area contributed by atoms with Crippen molar-refractivity contribution >= 4 is 24.6 Å². The van der Waals surface area contributed by atoms with Gasteiger partial charge in [-0.2, -0.15) is 0 Å². The highest BCUT2D eigenvalue weighted by Gasteiger charge is 2.57. The molecule has 2 N–H and O–H groups in total. The summed E-state index contributed by atoms with van der Waals surface area (Å²) in [7, 11) is -3.18. The minimum atomic E-state index is -3.18. The van der Waals surface area contributed by atoms with Crippen LogP contribution in [-0.4, -0.2) is 74.8 Å². The summed E-state index contributed by atoms with van der Waals surface area (Å²) in [5.41, 5.74) is 0. The highest BCUT2D eigenvalue weighted by Crippen LogP contribution is 2.44. The molecule has 3 heterocycles. The number of carbonyl (C=O) groups excluding carboxylic acids is 1. The quantitative estimate of drug-likeness (QED) is 0.343. The first-order chi connectivity index (χ1) is 18.5. The van der Waals surface area contributed by atoms with Crippen LogP contribution < -0.4 is 15.7 Å². The van der Waals surface area contributed by atoms with Crippen LogP contribution in [0.25, 0.3) is 0 Å². The number of epoxide rings is 1. The van der Waals surface area contributed by atoms with Gasteiger partial charge in [0.15, 0.2) is 12.1 Å². The molecule has 0 aromatic heterocycles. The molecule has 0 saturated carbocycles. The van der Waals surface area contributed by atoms with Crippen molar-refractivity contribution < 1.29 is 33.3 Å². The number of hydrogen-bond acceptors (Lipinski definition) is 7. The van der Waals surface area contributed by atoms with Gasteiger partial charge in [0.2, 0.25) is 5.91 Å². The van der Waals surface area contributed by atoms with E-state index < -0.39 is 43.7 Å². The molecular formula is C30H41NO7Si. The summed E-state index contributed by atoms with van der Waals surface area (Å²) in [5.74, 6) is -1.02. The Labute approximate surface area is 232 Å². The highest BCUT2D eigenvalue weighted by molar-refractivity contribution is 6.98. The molecule has 5 rings (SSSR count). The van der Waals surface area contributed by atoms with Gasteiger partial charge in [-0.1, -0.05) is 74.5 Å². The molecule has 3 aliphatic rings. The third kappa shape index (κ3) is 6.00. The fourth-order valence-corrected chi connectivity index (χ4v) is 9.74. The molecule has 2 aromatic rings. The number of ether oxygens (including phenoxy) is 5. The first-order valence-corrected chi connectivity index (χ1v) is 15.8. The Bertz CT molecular complexity index is 1090. The predicted molar refractivity (Wildman–Crippen MR) is 149 cm³/mol. The zero-order chi connectivity index (χ0) is 27.8.